The summed E-state index contributed by atoms with van der Waals surface area (Å²) < 4.78 is 0. The molecule has 3 nitrogen and oxygen atoms in total. The van der Waals surface area contributed by atoms with Crippen LogP contribution in [0.5, 0.6) is 0 Å². The highest BCUT2D eigenvalue weighted by Crippen LogP contribution is 2.56. The van der Waals surface area contributed by atoms with Crippen LogP contribution in [0.1, 0.15) is 79.0 Å². The van der Waals surface area contributed by atoms with E-state index in [9.17, 15) is 9.59 Å². The summed E-state index contributed by atoms with van der Waals surface area (Å²) in [4.78, 5) is 28.5. The molecule has 0 N–H and O–H groups in total. The molecule has 6 aliphatic rings. The molecule has 0 spiro atoms. The number of rotatable bonds is 1. The second kappa shape index (κ2) is 5.80. The Hall–Kier alpha value is -1.90. The van der Waals surface area contributed by atoms with Crippen LogP contribution in [0.25, 0.3) is 0 Å². The number of hydrogen-bond donors (Lipinski definition) is 0. The Kier molecular flexibility index (Phi) is 3.45. The summed E-state index contributed by atoms with van der Waals surface area (Å²) in [6.07, 6.45) is 14.9. The van der Waals surface area contributed by atoms with E-state index in [1.165, 1.54) is 54.4 Å². The maximum absolute atomic E-state index is 13.4. The van der Waals surface area contributed by atoms with E-state index in [0.717, 1.165) is 25.7 Å². The molecule has 0 aromatic heterocycles. The molecule has 7 rings (SSSR count). The molecule has 1 saturated heterocycles. The maximum Gasteiger partial charge on any atom is 0.234 e. The fourth-order valence-corrected chi connectivity index (χ4v) is 6.66. The highest BCUT2D eigenvalue weighted by atomic mass is 16.2. The molecule has 2 amide bonds. The van der Waals surface area contributed by atoms with Gasteiger partial charge in [0, 0.05) is 17.9 Å². The van der Waals surface area contributed by atoms with E-state index >= 15 is 0 Å². The molecule has 1 saturated carbocycles. The van der Waals surface area contributed by atoms with Crippen molar-refractivity contribution < 1.29 is 9.59 Å². The third kappa shape index (κ3) is 2.14. The third-order valence-corrected chi connectivity index (χ3v) is 7.94. The van der Waals surface area contributed by atoms with Crippen molar-refractivity contribution in [3.8, 4) is 0 Å². The molecule has 140 valence electrons. The number of imide groups is 1. The zero-order chi connectivity index (χ0) is 18.1. The minimum atomic E-state index is -0.149. The number of benzene rings is 1. The summed E-state index contributed by atoms with van der Waals surface area (Å²) in [5.41, 5.74) is 5.66. The lowest BCUT2D eigenvalue weighted by atomic mass is 9.60. The topological polar surface area (TPSA) is 37.4 Å². The van der Waals surface area contributed by atoms with Crippen LogP contribution in [-0.2, 0) is 22.4 Å². The van der Waals surface area contributed by atoms with Crippen LogP contribution >= 0.6 is 0 Å². The zero-order valence-corrected chi connectivity index (χ0v) is 15.8. The Morgan fingerprint density at radius 3 is 1.74 bits per heavy atom. The summed E-state index contributed by atoms with van der Waals surface area (Å²) in [7, 11) is 0. The van der Waals surface area contributed by atoms with Crippen LogP contribution in [0.15, 0.2) is 24.3 Å². The predicted molar refractivity (Wildman–Crippen MR) is 103 cm³/mol. The molecule has 1 aliphatic heterocycles. The highest BCUT2D eigenvalue weighted by molar-refractivity contribution is 6.07. The van der Waals surface area contributed by atoms with Crippen molar-refractivity contribution in [3.63, 3.8) is 0 Å². The molecule has 1 aromatic rings. The van der Waals surface area contributed by atoms with Gasteiger partial charge in [0.2, 0.25) is 11.8 Å². The summed E-state index contributed by atoms with van der Waals surface area (Å²) >= 11 is 0. The van der Waals surface area contributed by atoms with Crippen molar-refractivity contribution in [1.82, 2.24) is 4.90 Å². The predicted octanol–water partition coefficient (Wildman–Crippen LogP) is 4.25. The molecule has 3 heteroatoms. The number of carbonyl (C=O) groups is 2. The second-order valence-corrected chi connectivity index (χ2v) is 9.28. The van der Waals surface area contributed by atoms with Crippen molar-refractivity contribution in [1.29, 1.82) is 0 Å². The first-order valence-electron chi connectivity index (χ1n) is 10.9. The molecular formula is C24H27NO2. The quantitative estimate of drug-likeness (QED) is 0.554. The van der Waals surface area contributed by atoms with Crippen LogP contribution in [0.4, 0.5) is 0 Å². The van der Waals surface area contributed by atoms with E-state index in [4.69, 9.17) is 0 Å². The lowest BCUT2D eigenvalue weighted by molar-refractivity contribution is -0.143. The molecule has 5 aliphatic carbocycles. The molecule has 4 unspecified atom stereocenters. The number of allylic oxidation sites excluding steroid dienone is 2. The number of aryl methyl sites for hydroxylation is 2. The van der Waals surface area contributed by atoms with Gasteiger partial charge in [0.1, 0.15) is 0 Å². The smallest absolute Gasteiger partial charge is 0.234 e. The van der Waals surface area contributed by atoms with E-state index in [0.29, 0.717) is 0 Å². The van der Waals surface area contributed by atoms with Gasteiger partial charge in [-0.2, -0.15) is 0 Å². The Morgan fingerprint density at radius 2 is 1.22 bits per heavy atom. The van der Waals surface area contributed by atoms with Crippen molar-refractivity contribution in [2.45, 2.75) is 75.7 Å². The summed E-state index contributed by atoms with van der Waals surface area (Å²) in [5.74, 6) is 0.158. The Bertz CT molecular complexity index is 802. The molecule has 4 atom stereocenters. The van der Waals surface area contributed by atoms with Crippen molar-refractivity contribution >= 4 is 11.8 Å². The van der Waals surface area contributed by atoms with Gasteiger partial charge in [-0.1, -0.05) is 43.5 Å². The van der Waals surface area contributed by atoms with E-state index in [-0.39, 0.29) is 41.5 Å². The van der Waals surface area contributed by atoms with Crippen LogP contribution in [0.2, 0.25) is 0 Å². The molecule has 27 heavy (non-hydrogen) atoms. The van der Waals surface area contributed by atoms with E-state index < -0.39 is 0 Å². The van der Waals surface area contributed by atoms with Crippen LogP contribution < -0.4 is 0 Å². The fourth-order valence-electron chi connectivity index (χ4n) is 6.66. The SMILES string of the molecule is O=C1C2C3C=CC(c4cc5c(cc43)CCCC5)C2C(=O)N1C1CCCCC1. The van der Waals surface area contributed by atoms with Gasteiger partial charge in [0.25, 0.3) is 0 Å². The fraction of sp³-hybridized carbons (Fsp3) is 0.583. The average molecular weight is 361 g/mol. The Morgan fingerprint density at radius 1 is 0.704 bits per heavy atom. The number of hydrogen-bond acceptors (Lipinski definition) is 2. The summed E-state index contributed by atoms with van der Waals surface area (Å²) in [5, 5.41) is 0. The van der Waals surface area contributed by atoms with Gasteiger partial charge in [0.15, 0.2) is 0 Å². The number of nitrogens with zero attached hydrogens (tertiary/aromatic N) is 1. The normalized spacial score (nSPS) is 34.6. The number of carbonyl (C=O) groups excluding carboxylic acids is 2. The third-order valence-electron chi connectivity index (χ3n) is 7.94. The summed E-state index contributed by atoms with van der Waals surface area (Å²) in [6.45, 7) is 0. The van der Waals surface area contributed by atoms with Gasteiger partial charge in [-0.3, -0.25) is 14.5 Å². The van der Waals surface area contributed by atoms with Gasteiger partial charge >= 0.3 is 0 Å². The molecule has 2 fully saturated rings. The monoisotopic (exact) mass is 361 g/mol. The number of fused-ring (bicyclic) bond motifs is 1. The average Bonchev–Trinajstić information content (AvgIpc) is 2.99. The maximum atomic E-state index is 13.4. The Labute approximate surface area is 160 Å². The standard InChI is InChI=1S/C24H27NO2/c26-23-21-17-10-11-18(20-13-15-7-5-4-6-14(15)12-19(17)20)22(21)24(27)25(23)16-8-2-1-3-9-16/h10-13,16-18,21-22H,1-9H2. The van der Waals surface area contributed by atoms with Crippen molar-refractivity contribution in [3.05, 3.63) is 46.5 Å². The largest absolute Gasteiger partial charge is 0.279 e. The van der Waals surface area contributed by atoms with Gasteiger partial charge in [-0.05, 0) is 60.8 Å². The first-order chi connectivity index (χ1) is 13.2. The van der Waals surface area contributed by atoms with Gasteiger partial charge in [0.05, 0.1) is 11.8 Å². The Balaban J connectivity index is 1.42. The van der Waals surface area contributed by atoms with Crippen molar-refractivity contribution in [2.75, 3.05) is 0 Å². The minimum absolute atomic E-state index is 0.104. The van der Waals surface area contributed by atoms with Crippen LogP contribution in [0, 0.1) is 11.8 Å². The molecule has 2 bridgehead atoms. The first kappa shape index (κ1) is 16.1. The molecule has 1 aromatic carbocycles. The lowest BCUT2D eigenvalue weighted by Gasteiger charge is -2.41. The van der Waals surface area contributed by atoms with Gasteiger partial charge in [-0.15, -0.1) is 0 Å². The van der Waals surface area contributed by atoms with Gasteiger partial charge in [-0.25, -0.2) is 0 Å². The summed E-state index contributed by atoms with van der Waals surface area (Å²) in [6, 6.07) is 4.94. The zero-order valence-electron chi connectivity index (χ0n) is 15.8. The van der Waals surface area contributed by atoms with E-state index in [2.05, 4.69) is 24.3 Å². The van der Waals surface area contributed by atoms with Crippen LogP contribution in [-0.4, -0.2) is 22.8 Å². The molecule has 1 heterocycles. The lowest BCUT2D eigenvalue weighted by Crippen LogP contribution is -2.42. The number of likely N-dealkylation sites (tertiary alicyclic amines) is 1. The second-order valence-electron chi connectivity index (χ2n) is 9.28. The van der Waals surface area contributed by atoms with Gasteiger partial charge < -0.3 is 0 Å². The van der Waals surface area contributed by atoms with E-state index in [1.54, 1.807) is 4.90 Å². The van der Waals surface area contributed by atoms with Crippen LogP contribution in [0.3, 0.4) is 0 Å². The van der Waals surface area contributed by atoms with Crippen molar-refractivity contribution in [2.24, 2.45) is 11.8 Å². The molecule has 0 radical (unpaired) electrons. The number of amides is 2. The van der Waals surface area contributed by atoms with E-state index in [1.807, 2.05) is 0 Å². The first-order valence-corrected chi connectivity index (χ1v) is 10.9. The highest BCUT2D eigenvalue weighted by Gasteiger charge is 2.59. The molecular weight excluding hydrogens is 334 g/mol. The minimum Gasteiger partial charge on any atom is -0.279 e.